The van der Waals surface area contributed by atoms with Gasteiger partial charge in [0.1, 0.15) is 11.6 Å². The SMILES string of the molecule is O=C1CCC(NC(=O)N2CCC(=Cc3cccc(Oc4ccc(C(F)(F)F)cn4)c3)CC2)=NN1. The van der Waals surface area contributed by atoms with Crippen LogP contribution in [0.25, 0.3) is 6.08 Å². The van der Waals surface area contributed by atoms with Gasteiger partial charge in [0.25, 0.3) is 0 Å². The molecule has 1 fully saturated rings. The number of likely N-dealkylation sites (tertiary alicyclic amines) is 1. The van der Waals surface area contributed by atoms with E-state index in [4.69, 9.17) is 4.74 Å². The van der Waals surface area contributed by atoms with E-state index in [2.05, 4.69) is 20.8 Å². The molecule has 0 bridgehead atoms. The number of nitrogens with one attached hydrogen (secondary N) is 2. The zero-order chi connectivity index (χ0) is 24.1. The topological polar surface area (TPSA) is 95.9 Å². The fourth-order valence-corrected chi connectivity index (χ4v) is 3.54. The minimum Gasteiger partial charge on any atom is -0.439 e. The minimum atomic E-state index is -4.45. The molecule has 34 heavy (non-hydrogen) atoms. The number of carbonyl (C=O) groups excluding carboxylic acids is 2. The first-order valence-corrected chi connectivity index (χ1v) is 10.7. The number of amides is 3. The number of benzene rings is 1. The number of rotatable bonds is 3. The Bertz CT molecular complexity index is 1120. The lowest BCUT2D eigenvalue weighted by molar-refractivity contribution is -0.137. The second kappa shape index (κ2) is 9.94. The Morgan fingerprint density at radius 2 is 1.91 bits per heavy atom. The molecule has 1 aromatic heterocycles. The molecule has 1 aromatic carbocycles. The van der Waals surface area contributed by atoms with E-state index < -0.39 is 11.7 Å². The zero-order valence-electron chi connectivity index (χ0n) is 18.1. The number of alkyl halides is 3. The summed E-state index contributed by atoms with van der Waals surface area (Å²) in [6, 6.07) is 9.03. The maximum Gasteiger partial charge on any atom is 0.417 e. The summed E-state index contributed by atoms with van der Waals surface area (Å²) in [4.78, 5) is 29.0. The highest BCUT2D eigenvalue weighted by atomic mass is 19.4. The molecule has 0 unspecified atom stereocenters. The Morgan fingerprint density at radius 3 is 2.56 bits per heavy atom. The summed E-state index contributed by atoms with van der Waals surface area (Å²) in [6.45, 7) is 1.09. The van der Waals surface area contributed by atoms with Gasteiger partial charge in [-0.3, -0.25) is 10.1 Å². The van der Waals surface area contributed by atoms with Crippen LogP contribution in [0.5, 0.6) is 11.6 Å². The van der Waals surface area contributed by atoms with Crippen LogP contribution < -0.4 is 15.5 Å². The molecule has 2 aromatic rings. The van der Waals surface area contributed by atoms with Crippen LogP contribution in [-0.2, 0) is 11.0 Å². The number of urea groups is 1. The first-order chi connectivity index (χ1) is 16.3. The number of hydrogen-bond acceptors (Lipinski definition) is 5. The number of hydrazone groups is 1. The molecule has 2 aliphatic rings. The van der Waals surface area contributed by atoms with Crippen molar-refractivity contribution in [2.24, 2.45) is 5.10 Å². The maximum absolute atomic E-state index is 12.7. The highest BCUT2D eigenvalue weighted by molar-refractivity contribution is 6.00. The van der Waals surface area contributed by atoms with Crippen LogP contribution in [0.3, 0.4) is 0 Å². The van der Waals surface area contributed by atoms with Gasteiger partial charge in [0.15, 0.2) is 0 Å². The van der Waals surface area contributed by atoms with Gasteiger partial charge in [-0.25, -0.2) is 15.2 Å². The average molecular weight is 473 g/mol. The van der Waals surface area contributed by atoms with E-state index in [1.807, 2.05) is 12.1 Å². The highest BCUT2D eigenvalue weighted by Gasteiger charge is 2.30. The van der Waals surface area contributed by atoms with Crippen LogP contribution in [0.1, 0.15) is 36.8 Å². The first-order valence-electron chi connectivity index (χ1n) is 10.7. The molecule has 3 heterocycles. The van der Waals surface area contributed by atoms with Gasteiger partial charge in [-0.1, -0.05) is 23.8 Å². The number of halogens is 3. The van der Waals surface area contributed by atoms with Crippen molar-refractivity contribution >= 4 is 23.8 Å². The summed E-state index contributed by atoms with van der Waals surface area (Å²) < 4.78 is 43.6. The van der Waals surface area contributed by atoms with Crippen molar-refractivity contribution in [3.8, 4) is 11.6 Å². The van der Waals surface area contributed by atoms with Crippen molar-refractivity contribution in [1.82, 2.24) is 20.6 Å². The second-order valence-corrected chi connectivity index (χ2v) is 7.87. The molecule has 11 heteroatoms. The summed E-state index contributed by atoms with van der Waals surface area (Å²) in [5, 5.41) is 6.58. The van der Waals surface area contributed by atoms with Gasteiger partial charge in [-0.05, 0) is 36.6 Å². The zero-order valence-corrected chi connectivity index (χ0v) is 18.1. The van der Waals surface area contributed by atoms with Gasteiger partial charge in [-0.2, -0.15) is 18.3 Å². The normalized spacial score (nSPS) is 16.4. The quantitative estimate of drug-likeness (QED) is 0.695. The van der Waals surface area contributed by atoms with Gasteiger partial charge < -0.3 is 9.64 Å². The molecule has 2 aliphatic heterocycles. The van der Waals surface area contributed by atoms with Crippen molar-refractivity contribution < 1.29 is 27.5 Å². The van der Waals surface area contributed by atoms with Crippen LogP contribution in [-0.4, -0.2) is 40.7 Å². The fourth-order valence-electron chi connectivity index (χ4n) is 3.54. The molecule has 2 N–H and O–H groups in total. The molecule has 8 nitrogen and oxygen atoms in total. The molecule has 0 spiro atoms. The first kappa shape index (κ1) is 23.3. The summed E-state index contributed by atoms with van der Waals surface area (Å²) >= 11 is 0. The van der Waals surface area contributed by atoms with Crippen molar-refractivity contribution in [2.45, 2.75) is 31.9 Å². The number of aromatic nitrogens is 1. The van der Waals surface area contributed by atoms with E-state index in [1.165, 1.54) is 6.07 Å². The predicted molar refractivity (Wildman–Crippen MR) is 118 cm³/mol. The molecular formula is C23H22F3N5O3. The largest absolute Gasteiger partial charge is 0.439 e. The van der Waals surface area contributed by atoms with Gasteiger partial charge in [-0.15, -0.1) is 0 Å². The monoisotopic (exact) mass is 473 g/mol. The summed E-state index contributed by atoms with van der Waals surface area (Å²) in [5.41, 5.74) is 3.56. The molecule has 0 aliphatic carbocycles. The van der Waals surface area contributed by atoms with Gasteiger partial charge in [0.05, 0.1) is 5.56 Å². The van der Waals surface area contributed by atoms with E-state index in [-0.39, 0.29) is 17.8 Å². The highest BCUT2D eigenvalue weighted by Crippen LogP contribution is 2.30. The third-order valence-corrected chi connectivity index (χ3v) is 5.36. The van der Waals surface area contributed by atoms with E-state index in [0.717, 1.165) is 23.4 Å². The van der Waals surface area contributed by atoms with E-state index >= 15 is 0 Å². The van der Waals surface area contributed by atoms with Crippen LogP contribution >= 0.6 is 0 Å². The minimum absolute atomic E-state index is 0.0688. The maximum atomic E-state index is 12.7. The Balaban J connectivity index is 1.32. The number of piperidine rings is 1. The fraction of sp³-hybridized carbons (Fsp3) is 0.304. The number of pyridine rings is 1. The molecule has 1 saturated heterocycles. The molecule has 3 amide bonds. The number of carbonyl (C=O) groups is 2. The lowest BCUT2D eigenvalue weighted by atomic mass is 10.0. The number of nitrogens with zero attached hydrogens (tertiary/aromatic N) is 3. The summed E-state index contributed by atoms with van der Waals surface area (Å²) in [6.07, 6.45) is 0.394. The number of ether oxygens (including phenoxy) is 1. The number of amidine groups is 1. The lowest BCUT2D eigenvalue weighted by Gasteiger charge is -2.29. The van der Waals surface area contributed by atoms with Crippen molar-refractivity contribution in [1.29, 1.82) is 0 Å². The smallest absolute Gasteiger partial charge is 0.417 e. The molecule has 4 rings (SSSR count). The third kappa shape index (κ3) is 6.12. The molecule has 0 atom stereocenters. The van der Waals surface area contributed by atoms with Gasteiger partial charge in [0, 0.05) is 38.2 Å². The lowest BCUT2D eigenvalue weighted by Crippen LogP contribution is -2.47. The molecule has 0 radical (unpaired) electrons. The van der Waals surface area contributed by atoms with E-state index in [9.17, 15) is 22.8 Å². The van der Waals surface area contributed by atoms with Gasteiger partial charge >= 0.3 is 12.2 Å². The molecule has 178 valence electrons. The van der Waals surface area contributed by atoms with Crippen molar-refractivity contribution in [2.75, 3.05) is 13.1 Å². The van der Waals surface area contributed by atoms with Crippen LogP contribution in [0.4, 0.5) is 18.0 Å². The van der Waals surface area contributed by atoms with Crippen molar-refractivity contribution in [3.05, 3.63) is 59.3 Å². The van der Waals surface area contributed by atoms with Crippen LogP contribution in [0, 0.1) is 0 Å². The van der Waals surface area contributed by atoms with Crippen LogP contribution in [0.15, 0.2) is 53.3 Å². The molecular weight excluding hydrogens is 451 g/mol. The third-order valence-electron chi connectivity index (χ3n) is 5.36. The Hall–Kier alpha value is -3.89. The van der Waals surface area contributed by atoms with E-state index in [0.29, 0.717) is 50.4 Å². The Kier molecular flexibility index (Phi) is 6.80. The standard InChI is InChI=1S/C23H22F3N5O3/c24-23(25,26)17-4-7-21(27-14-17)34-18-3-1-2-16(13-18)12-15-8-10-31(11-9-15)22(33)28-19-5-6-20(32)30-29-19/h1-4,7,12-14H,5-6,8-11H2,(H,30,32)(H,28,29,33). The summed E-state index contributed by atoms with van der Waals surface area (Å²) in [5.74, 6) is 0.805. The second-order valence-electron chi connectivity index (χ2n) is 7.87. The number of hydrogen-bond donors (Lipinski definition) is 2. The Labute approximate surface area is 193 Å². The predicted octanol–water partition coefficient (Wildman–Crippen LogP) is 4.31. The van der Waals surface area contributed by atoms with Gasteiger partial charge in [0.2, 0.25) is 11.8 Å². The van der Waals surface area contributed by atoms with E-state index in [1.54, 1.807) is 23.1 Å². The van der Waals surface area contributed by atoms with Crippen LogP contribution in [0.2, 0.25) is 0 Å². The molecule has 0 saturated carbocycles. The summed E-state index contributed by atoms with van der Waals surface area (Å²) in [7, 11) is 0. The Morgan fingerprint density at radius 1 is 1.12 bits per heavy atom. The van der Waals surface area contributed by atoms with Crippen molar-refractivity contribution in [3.63, 3.8) is 0 Å². The average Bonchev–Trinajstić information content (AvgIpc) is 2.81.